The Morgan fingerprint density at radius 3 is 3.11 bits per heavy atom. The van der Waals surface area contributed by atoms with Gasteiger partial charge in [0, 0.05) is 19.7 Å². The molecule has 1 amide bonds. The molecule has 1 rings (SSSR count). The van der Waals surface area contributed by atoms with Crippen LogP contribution in [0.2, 0.25) is 0 Å². The first-order valence-corrected chi connectivity index (χ1v) is 6.57. The Morgan fingerprint density at radius 1 is 1.61 bits per heavy atom. The second-order valence-electron chi connectivity index (χ2n) is 4.41. The van der Waals surface area contributed by atoms with Gasteiger partial charge in [0.1, 0.15) is 0 Å². The van der Waals surface area contributed by atoms with E-state index in [1.165, 1.54) is 0 Å². The topological polar surface area (TPSA) is 79.8 Å². The van der Waals surface area contributed by atoms with E-state index in [1.807, 2.05) is 6.92 Å². The van der Waals surface area contributed by atoms with Gasteiger partial charge in [-0.3, -0.25) is 4.79 Å². The number of carbonyl (C=O) groups excluding carboxylic acids is 1. The summed E-state index contributed by atoms with van der Waals surface area (Å²) >= 11 is 0. The van der Waals surface area contributed by atoms with Crippen LogP contribution < -0.4 is 10.6 Å². The van der Waals surface area contributed by atoms with Crippen LogP contribution in [0.3, 0.4) is 0 Å². The van der Waals surface area contributed by atoms with Gasteiger partial charge in [-0.15, -0.1) is 0 Å². The van der Waals surface area contributed by atoms with Crippen molar-refractivity contribution >= 4 is 5.91 Å². The largest absolute Gasteiger partial charge is 0.389 e. The highest BCUT2D eigenvalue weighted by molar-refractivity contribution is 5.77. The van der Waals surface area contributed by atoms with Crippen molar-refractivity contribution in [1.29, 1.82) is 0 Å². The van der Waals surface area contributed by atoms with Crippen molar-refractivity contribution in [2.75, 3.05) is 39.5 Å². The number of amides is 1. The van der Waals surface area contributed by atoms with E-state index >= 15 is 0 Å². The van der Waals surface area contributed by atoms with Gasteiger partial charge in [0.2, 0.25) is 5.91 Å². The van der Waals surface area contributed by atoms with Crippen LogP contribution in [-0.4, -0.2) is 62.7 Å². The Kier molecular flexibility index (Phi) is 7.91. The van der Waals surface area contributed by atoms with Gasteiger partial charge in [-0.25, -0.2) is 0 Å². The predicted molar refractivity (Wildman–Crippen MR) is 67.4 cm³/mol. The van der Waals surface area contributed by atoms with E-state index in [9.17, 15) is 9.90 Å². The molecule has 0 bridgehead atoms. The number of hydrogen-bond acceptors (Lipinski definition) is 5. The number of aliphatic hydroxyl groups is 1. The molecule has 1 heterocycles. The lowest BCUT2D eigenvalue weighted by Gasteiger charge is -2.14. The summed E-state index contributed by atoms with van der Waals surface area (Å²) in [5, 5.41) is 15.1. The lowest BCUT2D eigenvalue weighted by molar-refractivity contribution is -0.120. The van der Waals surface area contributed by atoms with E-state index in [0.29, 0.717) is 19.7 Å². The average Bonchev–Trinajstić information content (AvgIpc) is 2.82. The van der Waals surface area contributed by atoms with Gasteiger partial charge in [0.25, 0.3) is 0 Å². The molecule has 6 nitrogen and oxygen atoms in total. The van der Waals surface area contributed by atoms with Gasteiger partial charge >= 0.3 is 0 Å². The second-order valence-corrected chi connectivity index (χ2v) is 4.41. The van der Waals surface area contributed by atoms with Crippen LogP contribution in [0.15, 0.2) is 0 Å². The second kappa shape index (κ2) is 9.27. The third-order valence-corrected chi connectivity index (χ3v) is 2.68. The van der Waals surface area contributed by atoms with Crippen molar-refractivity contribution in [2.45, 2.75) is 32.0 Å². The number of likely N-dealkylation sites (N-methyl/N-ethyl adjacent to an activating group) is 1. The predicted octanol–water partition coefficient (Wildman–Crippen LogP) is -0.731. The molecular formula is C12H24N2O4. The highest BCUT2D eigenvalue weighted by atomic mass is 16.5. The standard InChI is InChI=1S/C12H24N2O4/c1-2-14-12(16)7-13-6-10(15)8-17-9-11-4-3-5-18-11/h10-11,13,15H,2-9H2,1H3,(H,14,16). The molecule has 1 aliphatic heterocycles. The van der Waals surface area contributed by atoms with Gasteiger partial charge in [-0.2, -0.15) is 0 Å². The highest BCUT2D eigenvalue weighted by Crippen LogP contribution is 2.11. The summed E-state index contributed by atoms with van der Waals surface area (Å²) in [5.41, 5.74) is 0. The molecule has 2 unspecified atom stereocenters. The molecule has 0 aromatic rings. The van der Waals surface area contributed by atoms with Crippen LogP contribution >= 0.6 is 0 Å². The summed E-state index contributed by atoms with van der Waals surface area (Å²) in [7, 11) is 0. The fourth-order valence-electron chi connectivity index (χ4n) is 1.78. The molecule has 0 aliphatic carbocycles. The van der Waals surface area contributed by atoms with Crippen LogP contribution in [-0.2, 0) is 14.3 Å². The van der Waals surface area contributed by atoms with E-state index in [0.717, 1.165) is 19.4 Å². The Bertz CT molecular complexity index is 232. The molecule has 2 atom stereocenters. The molecule has 1 saturated heterocycles. The third-order valence-electron chi connectivity index (χ3n) is 2.68. The molecule has 0 spiro atoms. The van der Waals surface area contributed by atoms with Crippen LogP contribution in [0.5, 0.6) is 0 Å². The van der Waals surface area contributed by atoms with Crippen molar-refractivity contribution in [2.24, 2.45) is 0 Å². The number of aliphatic hydroxyl groups excluding tert-OH is 1. The first-order valence-electron chi connectivity index (χ1n) is 6.57. The van der Waals surface area contributed by atoms with Crippen LogP contribution in [0.25, 0.3) is 0 Å². The quantitative estimate of drug-likeness (QED) is 0.509. The lowest BCUT2D eigenvalue weighted by atomic mass is 10.2. The maximum absolute atomic E-state index is 11.1. The van der Waals surface area contributed by atoms with Crippen molar-refractivity contribution in [3.05, 3.63) is 0 Å². The van der Waals surface area contributed by atoms with Crippen LogP contribution in [0.1, 0.15) is 19.8 Å². The molecule has 0 radical (unpaired) electrons. The summed E-state index contributed by atoms with van der Waals surface area (Å²) < 4.78 is 10.8. The average molecular weight is 260 g/mol. The zero-order valence-electron chi connectivity index (χ0n) is 11.0. The summed E-state index contributed by atoms with van der Waals surface area (Å²) in [4.78, 5) is 11.1. The summed E-state index contributed by atoms with van der Waals surface area (Å²) in [6.07, 6.45) is 1.71. The number of nitrogens with one attached hydrogen (secondary N) is 2. The van der Waals surface area contributed by atoms with Gasteiger partial charge < -0.3 is 25.2 Å². The van der Waals surface area contributed by atoms with E-state index in [2.05, 4.69) is 10.6 Å². The maximum Gasteiger partial charge on any atom is 0.233 e. The molecule has 0 saturated carbocycles. The Morgan fingerprint density at radius 2 is 2.44 bits per heavy atom. The zero-order chi connectivity index (χ0) is 13.2. The molecule has 6 heteroatoms. The minimum absolute atomic E-state index is 0.0648. The fourth-order valence-corrected chi connectivity index (χ4v) is 1.78. The molecular weight excluding hydrogens is 236 g/mol. The molecule has 0 aromatic carbocycles. The van der Waals surface area contributed by atoms with E-state index < -0.39 is 6.10 Å². The number of ether oxygens (including phenoxy) is 2. The Hall–Kier alpha value is -0.690. The normalized spacial score (nSPS) is 20.9. The van der Waals surface area contributed by atoms with Gasteiger partial charge in [0.05, 0.1) is 32.0 Å². The van der Waals surface area contributed by atoms with Gasteiger partial charge in [-0.05, 0) is 19.8 Å². The van der Waals surface area contributed by atoms with Crippen LogP contribution in [0, 0.1) is 0 Å². The SMILES string of the molecule is CCNC(=O)CNCC(O)COCC1CCCO1. The zero-order valence-corrected chi connectivity index (χ0v) is 11.0. The number of carbonyl (C=O) groups is 1. The molecule has 1 fully saturated rings. The third kappa shape index (κ3) is 6.90. The van der Waals surface area contributed by atoms with Crippen LogP contribution in [0.4, 0.5) is 0 Å². The van der Waals surface area contributed by atoms with E-state index in [-0.39, 0.29) is 25.2 Å². The summed E-state index contributed by atoms with van der Waals surface area (Å²) in [6, 6.07) is 0. The molecule has 106 valence electrons. The number of rotatable bonds is 9. The van der Waals surface area contributed by atoms with Crippen molar-refractivity contribution in [3.63, 3.8) is 0 Å². The lowest BCUT2D eigenvalue weighted by Crippen LogP contribution is -2.38. The van der Waals surface area contributed by atoms with Crippen molar-refractivity contribution < 1.29 is 19.4 Å². The van der Waals surface area contributed by atoms with E-state index in [4.69, 9.17) is 9.47 Å². The monoisotopic (exact) mass is 260 g/mol. The minimum atomic E-state index is -0.596. The molecule has 3 N–H and O–H groups in total. The Balaban J connectivity index is 1.93. The number of hydrogen-bond donors (Lipinski definition) is 3. The minimum Gasteiger partial charge on any atom is -0.389 e. The maximum atomic E-state index is 11.1. The van der Waals surface area contributed by atoms with Gasteiger partial charge in [-0.1, -0.05) is 0 Å². The summed E-state index contributed by atoms with van der Waals surface area (Å²) in [6.45, 7) is 4.67. The van der Waals surface area contributed by atoms with Crippen molar-refractivity contribution in [3.8, 4) is 0 Å². The molecule has 0 aromatic heterocycles. The van der Waals surface area contributed by atoms with E-state index in [1.54, 1.807) is 0 Å². The van der Waals surface area contributed by atoms with Gasteiger partial charge in [0.15, 0.2) is 0 Å². The first-order chi connectivity index (χ1) is 8.72. The molecule has 1 aliphatic rings. The Labute approximate surface area is 108 Å². The highest BCUT2D eigenvalue weighted by Gasteiger charge is 2.16. The fraction of sp³-hybridized carbons (Fsp3) is 0.917. The first kappa shape index (κ1) is 15.4. The molecule has 18 heavy (non-hydrogen) atoms. The van der Waals surface area contributed by atoms with Crippen molar-refractivity contribution in [1.82, 2.24) is 10.6 Å². The smallest absolute Gasteiger partial charge is 0.233 e. The summed E-state index contributed by atoms with van der Waals surface area (Å²) in [5.74, 6) is -0.0648.